The lowest BCUT2D eigenvalue weighted by Crippen LogP contribution is -2.15. The van der Waals surface area contributed by atoms with Gasteiger partial charge in [0.25, 0.3) is 0 Å². The summed E-state index contributed by atoms with van der Waals surface area (Å²) in [5.74, 6) is 0. The van der Waals surface area contributed by atoms with E-state index in [1.54, 1.807) is 0 Å². The molecule has 1 aliphatic carbocycles. The summed E-state index contributed by atoms with van der Waals surface area (Å²) in [6.45, 7) is 2.83. The summed E-state index contributed by atoms with van der Waals surface area (Å²) in [4.78, 5) is 4.84. The largest absolute Gasteiger partial charge is 0.388 e. The normalized spacial score (nSPS) is 16.8. The zero-order chi connectivity index (χ0) is 16.5. The van der Waals surface area contributed by atoms with Crippen LogP contribution in [0.1, 0.15) is 41.3 Å². The highest BCUT2D eigenvalue weighted by Gasteiger charge is 2.24. The number of benzene rings is 2. The van der Waals surface area contributed by atoms with E-state index in [0.717, 1.165) is 53.7 Å². The molecule has 1 heterocycles. The van der Waals surface area contributed by atoms with Gasteiger partial charge < -0.3 is 10.4 Å². The zero-order valence-corrected chi connectivity index (χ0v) is 13.9. The smallest absolute Gasteiger partial charge is 0.0828 e. The second-order valence-corrected chi connectivity index (χ2v) is 6.61. The van der Waals surface area contributed by atoms with Crippen LogP contribution in [0.3, 0.4) is 0 Å². The van der Waals surface area contributed by atoms with Gasteiger partial charge in [-0.05, 0) is 43.4 Å². The van der Waals surface area contributed by atoms with Crippen molar-refractivity contribution in [3.05, 3.63) is 70.9 Å². The second-order valence-electron chi connectivity index (χ2n) is 6.61. The molecule has 1 unspecified atom stereocenters. The number of aromatic nitrogens is 1. The minimum Gasteiger partial charge on any atom is -0.388 e. The number of aryl methyl sites for hydroxylation is 2. The van der Waals surface area contributed by atoms with Crippen LogP contribution in [-0.4, -0.2) is 10.1 Å². The van der Waals surface area contributed by atoms with Crippen LogP contribution in [0.4, 0.5) is 5.69 Å². The lowest BCUT2D eigenvalue weighted by atomic mass is 9.90. The first-order valence-electron chi connectivity index (χ1n) is 8.61. The third kappa shape index (κ3) is 2.76. The lowest BCUT2D eigenvalue weighted by molar-refractivity contribution is 0.156. The molecule has 0 fully saturated rings. The number of fused-ring (bicyclic) bond motifs is 2. The maximum atomic E-state index is 10.6. The van der Waals surface area contributed by atoms with Gasteiger partial charge in [-0.1, -0.05) is 42.5 Å². The molecule has 0 saturated heterocycles. The van der Waals surface area contributed by atoms with Gasteiger partial charge in [-0.15, -0.1) is 0 Å². The molecule has 1 atom stereocenters. The molecule has 0 spiro atoms. The average molecular weight is 318 g/mol. The predicted octanol–water partition coefficient (Wildman–Crippen LogP) is 4.53. The fourth-order valence-electron chi connectivity index (χ4n) is 3.57. The first kappa shape index (κ1) is 15.2. The summed E-state index contributed by atoms with van der Waals surface area (Å²) in [6, 6.07) is 16.7. The molecule has 1 aromatic heterocycles. The number of anilines is 1. The third-order valence-corrected chi connectivity index (χ3v) is 4.79. The Morgan fingerprint density at radius 1 is 1.17 bits per heavy atom. The number of nitrogens with zero attached hydrogens (tertiary/aromatic N) is 1. The molecule has 0 bridgehead atoms. The Labute approximate surface area is 142 Å². The van der Waals surface area contributed by atoms with Crippen molar-refractivity contribution < 1.29 is 5.11 Å². The third-order valence-electron chi connectivity index (χ3n) is 4.79. The number of pyridine rings is 1. The van der Waals surface area contributed by atoms with Crippen molar-refractivity contribution in [3.63, 3.8) is 0 Å². The number of hydrogen-bond acceptors (Lipinski definition) is 3. The predicted molar refractivity (Wildman–Crippen MR) is 98.1 cm³/mol. The first-order valence-corrected chi connectivity index (χ1v) is 8.61. The summed E-state index contributed by atoms with van der Waals surface area (Å²) >= 11 is 0. The van der Waals surface area contributed by atoms with Crippen molar-refractivity contribution in [3.8, 4) is 0 Å². The fourth-order valence-corrected chi connectivity index (χ4v) is 3.57. The highest BCUT2D eigenvalue weighted by atomic mass is 16.3. The molecule has 3 nitrogen and oxygen atoms in total. The maximum absolute atomic E-state index is 10.6. The van der Waals surface area contributed by atoms with Crippen molar-refractivity contribution in [1.82, 2.24) is 4.98 Å². The minimum absolute atomic E-state index is 0.426. The Kier molecular flexibility index (Phi) is 3.95. The van der Waals surface area contributed by atoms with E-state index >= 15 is 0 Å². The summed E-state index contributed by atoms with van der Waals surface area (Å²) in [5.41, 5.74) is 6.54. The number of rotatable bonds is 3. The molecular weight excluding hydrogens is 296 g/mol. The highest BCUT2D eigenvalue weighted by Crippen LogP contribution is 2.38. The number of aliphatic hydroxyl groups is 1. The molecule has 122 valence electrons. The van der Waals surface area contributed by atoms with Gasteiger partial charge in [-0.2, -0.15) is 0 Å². The van der Waals surface area contributed by atoms with Gasteiger partial charge >= 0.3 is 0 Å². The summed E-state index contributed by atoms with van der Waals surface area (Å²) in [5, 5.41) is 15.2. The van der Waals surface area contributed by atoms with Crippen molar-refractivity contribution in [2.75, 3.05) is 5.32 Å². The molecule has 3 heteroatoms. The number of hydrogen-bond donors (Lipinski definition) is 2. The lowest BCUT2D eigenvalue weighted by Gasteiger charge is -2.25. The van der Waals surface area contributed by atoms with E-state index in [2.05, 4.69) is 54.7 Å². The topological polar surface area (TPSA) is 45.2 Å². The van der Waals surface area contributed by atoms with Crippen LogP contribution in [0.2, 0.25) is 0 Å². The van der Waals surface area contributed by atoms with E-state index < -0.39 is 6.10 Å². The van der Waals surface area contributed by atoms with Gasteiger partial charge in [0.1, 0.15) is 0 Å². The highest BCUT2D eigenvalue weighted by molar-refractivity contribution is 5.94. The van der Waals surface area contributed by atoms with Crippen molar-refractivity contribution in [1.29, 1.82) is 0 Å². The maximum Gasteiger partial charge on any atom is 0.0828 e. The Hall–Kier alpha value is -2.39. The molecule has 1 aliphatic rings. The van der Waals surface area contributed by atoms with E-state index in [1.807, 2.05) is 6.07 Å². The Morgan fingerprint density at radius 3 is 2.83 bits per heavy atom. The first-order chi connectivity index (χ1) is 11.7. The Morgan fingerprint density at radius 2 is 2.00 bits per heavy atom. The van der Waals surface area contributed by atoms with Gasteiger partial charge in [0, 0.05) is 23.2 Å². The van der Waals surface area contributed by atoms with E-state index in [4.69, 9.17) is 4.98 Å². The molecule has 0 aliphatic heterocycles. The van der Waals surface area contributed by atoms with Gasteiger partial charge in [0.15, 0.2) is 0 Å². The molecular formula is C21H22N2O. The second kappa shape index (κ2) is 6.25. The summed E-state index contributed by atoms with van der Waals surface area (Å²) < 4.78 is 0. The van der Waals surface area contributed by atoms with Crippen LogP contribution in [-0.2, 0) is 13.0 Å². The van der Waals surface area contributed by atoms with Crippen molar-refractivity contribution in [2.24, 2.45) is 0 Å². The number of aliphatic hydroxyl groups excluding tert-OH is 1. The van der Waals surface area contributed by atoms with Crippen molar-refractivity contribution >= 4 is 16.6 Å². The monoisotopic (exact) mass is 318 g/mol. The van der Waals surface area contributed by atoms with Crippen LogP contribution in [0.15, 0.2) is 48.5 Å². The zero-order valence-electron chi connectivity index (χ0n) is 13.9. The Balaban J connectivity index is 1.82. The molecule has 2 aromatic carbocycles. The van der Waals surface area contributed by atoms with Crippen LogP contribution >= 0.6 is 0 Å². The average Bonchev–Trinajstić information content (AvgIpc) is 2.59. The standard InChI is InChI=1S/C21H22N2O/c1-14-10-11-16-18(12-14)23-17-8-5-9-19(24)20(17)21(16)22-13-15-6-3-2-4-7-15/h2-4,6-7,10-12,19,24H,5,8-9,13H2,1H3,(H,22,23). The summed E-state index contributed by atoms with van der Waals surface area (Å²) in [6.07, 6.45) is 2.32. The van der Waals surface area contributed by atoms with E-state index in [1.165, 1.54) is 11.1 Å². The molecule has 3 aromatic rings. The van der Waals surface area contributed by atoms with E-state index in [-0.39, 0.29) is 0 Å². The molecule has 2 N–H and O–H groups in total. The van der Waals surface area contributed by atoms with Gasteiger partial charge in [-0.3, -0.25) is 4.98 Å². The van der Waals surface area contributed by atoms with Crippen LogP contribution in [0, 0.1) is 6.92 Å². The fraction of sp³-hybridized carbons (Fsp3) is 0.286. The summed E-state index contributed by atoms with van der Waals surface area (Å²) in [7, 11) is 0. The van der Waals surface area contributed by atoms with E-state index in [9.17, 15) is 5.11 Å². The Bertz CT molecular complexity index is 874. The van der Waals surface area contributed by atoms with Gasteiger partial charge in [0.05, 0.1) is 17.3 Å². The number of nitrogens with one attached hydrogen (secondary N) is 1. The van der Waals surface area contributed by atoms with Crippen LogP contribution in [0.25, 0.3) is 10.9 Å². The molecule has 0 saturated carbocycles. The SMILES string of the molecule is Cc1ccc2c(NCc3ccccc3)c3c(nc2c1)CCCC3O. The van der Waals surface area contributed by atoms with Gasteiger partial charge in [-0.25, -0.2) is 0 Å². The van der Waals surface area contributed by atoms with Crippen LogP contribution < -0.4 is 5.32 Å². The van der Waals surface area contributed by atoms with E-state index in [0.29, 0.717) is 0 Å². The minimum atomic E-state index is -0.426. The molecule has 0 amide bonds. The molecule has 24 heavy (non-hydrogen) atoms. The van der Waals surface area contributed by atoms with Gasteiger partial charge in [0.2, 0.25) is 0 Å². The quantitative estimate of drug-likeness (QED) is 0.746. The molecule has 4 rings (SSSR count). The molecule has 0 radical (unpaired) electrons. The van der Waals surface area contributed by atoms with Crippen molar-refractivity contribution in [2.45, 2.75) is 38.8 Å². The van der Waals surface area contributed by atoms with Crippen LogP contribution in [0.5, 0.6) is 0 Å².